The fourth-order valence-corrected chi connectivity index (χ4v) is 3.27. The lowest BCUT2D eigenvalue weighted by atomic mass is 10.2. The van der Waals surface area contributed by atoms with Crippen molar-refractivity contribution in [3.63, 3.8) is 0 Å². The third-order valence-corrected chi connectivity index (χ3v) is 4.57. The maximum absolute atomic E-state index is 11.9. The lowest BCUT2D eigenvalue weighted by molar-refractivity contribution is 0.0897. The van der Waals surface area contributed by atoms with Crippen molar-refractivity contribution in [1.82, 2.24) is 4.98 Å². The number of hydrogen-bond acceptors (Lipinski definition) is 5. The van der Waals surface area contributed by atoms with Crippen molar-refractivity contribution in [2.24, 2.45) is 0 Å². The zero-order valence-corrected chi connectivity index (χ0v) is 14.2. The molecule has 0 amide bonds. The summed E-state index contributed by atoms with van der Waals surface area (Å²) in [5.41, 5.74) is 3.12. The van der Waals surface area contributed by atoms with Gasteiger partial charge in [-0.3, -0.25) is 0 Å². The summed E-state index contributed by atoms with van der Waals surface area (Å²) >= 11 is 1.63. The van der Waals surface area contributed by atoms with Gasteiger partial charge in [-0.2, -0.15) is 0 Å². The number of anilines is 1. The Morgan fingerprint density at radius 2 is 1.92 bits per heavy atom. The van der Waals surface area contributed by atoms with E-state index in [1.165, 1.54) is 0 Å². The summed E-state index contributed by atoms with van der Waals surface area (Å²) in [6.45, 7) is 0.439. The van der Waals surface area contributed by atoms with E-state index in [0.717, 1.165) is 32.2 Å². The molecule has 1 aromatic heterocycles. The van der Waals surface area contributed by atoms with Gasteiger partial charge in [-0.25, -0.2) is 9.37 Å². The molecular weight excluding hydrogens is 327 g/mol. The van der Waals surface area contributed by atoms with Gasteiger partial charge in [0, 0.05) is 18.3 Å². The predicted molar refractivity (Wildman–Crippen MR) is 96.9 cm³/mol. The van der Waals surface area contributed by atoms with Crippen LogP contribution in [0.25, 0.3) is 20.8 Å². The molecule has 0 saturated carbocycles. The van der Waals surface area contributed by atoms with E-state index in [9.17, 15) is 4.39 Å². The topological polar surface area (TPSA) is 43.4 Å². The van der Waals surface area contributed by atoms with Crippen molar-refractivity contribution in [1.29, 1.82) is 0 Å². The van der Waals surface area contributed by atoms with E-state index in [0.29, 0.717) is 13.2 Å². The molecule has 4 nitrogen and oxygen atoms in total. The van der Waals surface area contributed by atoms with Gasteiger partial charge >= 0.3 is 0 Å². The Kier molecular flexibility index (Phi) is 5.61. The second-order valence-electron chi connectivity index (χ2n) is 5.13. The van der Waals surface area contributed by atoms with Gasteiger partial charge in [-0.1, -0.05) is 0 Å². The lowest BCUT2D eigenvalue weighted by Gasteiger charge is -2.05. The Balaban J connectivity index is 1.71. The summed E-state index contributed by atoms with van der Waals surface area (Å²) in [5.74, 6) is 0.770. The third kappa shape index (κ3) is 4.01. The fraction of sp³-hybridized carbons (Fsp3) is 0.278. The number of rotatable bonds is 8. The molecule has 0 unspecified atom stereocenters. The number of alkyl halides is 1. The van der Waals surface area contributed by atoms with Gasteiger partial charge in [0.2, 0.25) is 0 Å². The van der Waals surface area contributed by atoms with Crippen LogP contribution in [0.15, 0.2) is 42.5 Å². The van der Waals surface area contributed by atoms with Crippen LogP contribution < -0.4 is 10.1 Å². The van der Waals surface area contributed by atoms with Gasteiger partial charge in [0.25, 0.3) is 0 Å². The lowest BCUT2D eigenvalue weighted by Crippen LogP contribution is -2.08. The zero-order valence-electron chi connectivity index (χ0n) is 13.4. The number of ether oxygens (including phenoxy) is 2. The zero-order chi connectivity index (χ0) is 16.8. The molecule has 3 rings (SSSR count). The number of halogens is 1. The van der Waals surface area contributed by atoms with Crippen LogP contribution in [0.5, 0.6) is 5.75 Å². The second kappa shape index (κ2) is 8.08. The van der Waals surface area contributed by atoms with E-state index in [1.807, 2.05) is 37.4 Å². The smallest absolute Gasteiger partial charge is 0.124 e. The molecule has 2 aromatic carbocycles. The molecule has 3 aromatic rings. The molecular formula is C18H19FN2O2S. The molecule has 0 bridgehead atoms. The minimum Gasteiger partial charge on any atom is -0.491 e. The predicted octanol–water partition coefficient (Wildman–Crippen LogP) is 4.37. The Hall–Kier alpha value is -2.18. The number of nitrogens with one attached hydrogen (secondary N) is 1. The van der Waals surface area contributed by atoms with Gasteiger partial charge in [-0.05, 0) is 42.5 Å². The highest BCUT2D eigenvalue weighted by molar-refractivity contribution is 7.21. The minimum atomic E-state index is -0.467. The van der Waals surface area contributed by atoms with Gasteiger partial charge in [-0.15, -0.1) is 11.3 Å². The van der Waals surface area contributed by atoms with Crippen molar-refractivity contribution >= 4 is 27.2 Å². The van der Waals surface area contributed by atoms with Gasteiger partial charge in [0.15, 0.2) is 0 Å². The molecule has 0 aliphatic carbocycles. The van der Waals surface area contributed by atoms with E-state index < -0.39 is 6.67 Å². The first-order valence-corrected chi connectivity index (χ1v) is 8.57. The van der Waals surface area contributed by atoms with Crippen molar-refractivity contribution in [2.75, 3.05) is 38.9 Å². The van der Waals surface area contributed by atoms with E-state index in [4.69, 9.17) is 9.47 Å². The van der Waals surface area contributed by atoms with Gasteiger partial charge < -0.3 is 14.8 Å². The monoisotopic (exact) mass is 346 g/mol. The Bertz CT molecular complexity index is 789. The van der Waals surface area contributed by atoms with Crippen LogP contribution in [0.1, 0.15) is 0 Å². The first-order valence-electron chi connectivity index (χ1n) is 7.75. The van der Waals surface area contributed by atoms with Gasteiger partial charge in [0.1, 0.15) is 24.0 Å². The molecule has 1 N–H and O–H groups in total. The van der Waals surface area contributed by atoms with Crippen LogP contribution in [-0.2, 0) is 4.74 Å². The average Bonchev–Trinajstić information content (AvgIpc) is 3.05. The summed E-state index contributed by atoms with van der Waals surface area (Å²) in [7, 11) is 1.90. The van der Waals surface area contributed by atoms with Gasteiger partial charge in [0.05, 0.1) is 23.4 Å². The molecule has 24 heavy (non-hydrogen) atoms. The number of fused-ring (bicyclic) bond motifs is 1. The van der Waals surface area contributed by atoms with E-state index in [2.05, 4.69) is 22.4 Å². The highest BCUT2D eigenvalue weighted by Gasteiger charge is 2.07. The van der Waals surface area contributed by atoms with Crippen molar-refractivity contribution in [3.05, 3.63) is 42.5 Å². The molecule has 0 atom stereocenters. The summed E-state index contributed by atoms with van der Waals surface area (Å²) < 4.78 is 23.7. The standard InChI is InChI=1S/C18H19FN2O2S/c1-20-14-4-2-13(3-5-14)18-21-16-7-6-15(12-17(16)24-18)23-11-10-22-9-8-19/h2-7,12,20H,8-11H2,1H3. The summed E-state index contributed by atoms with van der Waals surface area (Å²) in [4.78, 5) is 4.68. The maximum Gasteiger partial charge on any atom is 0.124 e. The molecule has 0 aliphatic rings. The van der Waals surface area contributed by atoms with Crippen LogP contribution in [-0.4, -0.2) is 38.5 Å². The molecule has 126 valence electrons. The highest BCUT2D eigenvalue weighted by atomic mass is 32.1. The van der Waals surface area contributed by atoms with Crippen LogP contribution >= 0.6 is 11.3 Å². The summed E-state index contributed by atoms with van der Waals surface area (Å²) in [5, 5.41) is 4.09. The van der Waals surface area contributed by atoms with Crippen molar-refractivity contribution < 1.29 is 13.9 Å². The van der Waals surface area contributed by atoms with Crippen LogP contribution in [0, 0.1) is 0 Å². The number of aromatic nitrogens is 1. The Labute approximate surface area is 144 Å². The molecule has 1 heterocycles. The summed E-state index contributed by atoms with van der Waals surface area (Å²) in [6, 6.07) is 14.0. The van der Waals surface area contributed by atoms with E-state index in [1.54, 1.807) is 11.3 Å². The average molecular weight is 346 g/mol. The molecule has 6 heteroatoms. The SMILES string of the molecule is CNc1ccc(-c2nc3ccc(OCCOCCF)cc3s2)cc1. The number of thiazole rings is 1. The first kappa shape index (κ1) is 16.7. The van der Waals surface area contributed by atoms with E-state index in [-0.39, 0.29) is 6.61 Å². The van der Waals surface area contributed by atoms with Crippen molar-refractivity contribution in [2.45, 2.75) is 0 Å². The number of benzene rings is 2. The third-order valence-electron chi connectivity index (χ3n) is 3.50. The number of hydrogen-bond donors (Lipinski definition) is 1. The molecule has 0 radical (unpaired) electrons. The second-order valence-corrected chi connectivity index (χ2v) is 6.16. The number of nitrogens with zero attached hydrogens (tertiary/aromatic N) is 1. The van der Waals surface area contributed by atoms with E-state index >= 15 is 0 Å². The van der Waals surface area contributed by atoms with Crippen LogP contribution in [0.3, 0.4) is 0 Å². The normalized spacial score (nSPS) is 10.9. The first-order chi connectivity index (χ1) is 11.8. The largest absolute Gasteiger partial charge is 0.491 e. The Morgan fingerprint density at radius 1 is 1.08 bits per heavy atom. The molecule has 0 spiro atoms. The molecule has 0 saturated heterocycles. The quantitative estimate of drug-likeness (QED) is 0.615. The van der Waals surface area contributed by atoms with Crippen molar-refractivity contribution in [3.8, 4) is 16.3 Å². The summed E-state index contributed by atoms with van der Waals surface area (Å²) in [6.07, 6.45) is 0. The fourth-order valence-electron chi connectivity index (χ4n) is 2.27. The van der Waals surface area contributed by atoms with Crippen LogP contribution in [0.2, 0.25) is 0 Å². The highest BCUT2D eigenvalue weighted by Crippen LogP contribution is 2.32. The molecule has 0 aliphatic heterocycles. The molecule has 0 fully saturated rings. The minimum absolute atomic E-state index is 0.118. The Morgan fingerprint density at radius 3 is 2.67 bits per heavy atom. The maximum atomic E-state index is 11.9. The van der Waals surface area contributed by atoms with Crippen LogP contribution in [0.4, 0.5) is 10.1 Å².